The summed E-state index contributed by atoms with van der Waals surface area (Å²) in [4.78, 5) is 10.3. The number of nitrogens with zero attached hydrogens (tertiary/aromatic N) is 1. The predicted octanol–water partition coefficient (Wildman–Crippen LogP) is 3.53. The van der Waals surface area contributed by atoms with E-state index in [2.05, 4.69) is 15.9 Å². The van der Waals surface area contributed by atoms with Crippen molar-refractivity contribution in [2.75, 3.05) is 12.8 Å². The molecule has 0 aliphatic carbocycles. The molecule has 0 aliphatic rings. The van der Waals surface area contributed by atoms with Gasteiger partial charge in [0, 0.05) is 6.07 Å². The van der Waals surface area contributed by atoms with Crippen LogP contribution in [-0.4, -0.2) is 12.0 Å². The van der Waals surface area contributed by atoms with Crippen LogP contribution in [0.25, 0.3) is 0 Å². The van der Waals surface area contributed by atoms with Gasteiger partial charge in [-0.1, -0.05) is 6.07 Å². The summed E-state index contributed by atoms with van der Waals surface area (Å²) >= 11 is 3.38. The molecule has 0 spiro atoms. The molecule has 0 bridgehead atoms. The summed E-state index contributed by atoms with van der Waals surface area (Å²) < 4.78 is 11.5. The molecule has 0 aliphatic heterocycles. The van der Waals surface area contributed by atoms with Crippen molar-refractivity contribution in [2.24, 2.45) is 0 Å². The summed E-state index contributed by atoms with van der Waals surface area (Å²) in [6.45, 7) is 0.200. The SMILES string of the molecule is COc1ccc(OCc2ccc(N)c([N+](=O)[O-])c2)c(Br)c1. The molecule has 2 aromatic carbocycles. The van der Waals surface area contributed by atoms with Gasteiger partial charge in [-0.05, 0) is 45.8 Å². The van der Waals surface area contributed by atoms with Crippen molar-refractivity contribution in [2.45, 2.75) is 6.61 Å². The van der Waals surface area contributed by atoms with Crippen LogP contribution in [0.4, 0.5) is 11.4 Å². The molecule has 0 heterocycles. The van der Waals surface area contributed by atoms with Crippen LogP contribution < -0.4 is 15.2 Å². The number of ether oxygens (including phenoxy) is 2. The molecule has 0 fully saturated rings. The fourth-order valence-electron chi connectivity index (χ4n) is 1.72. The summed E-state index contributed by atoms with van der Waals surface area (Å²) in [5, 5.41) is 10.8. The minimum atomic E-state index is -0.512. The lowest BCUT2D eigenvalue weighted by molar-refractivity contribution is -0.384. The number of nitro benzene ring substituents is 1. The number of anilines is 1. The predicted molar refractivity (Wildman–Crippen MR) is 82.5 cm³/mol. The highest BCUT2D eigenvalue weighted by molar-refractivity contribution is 9.10. The van der Waals surface area contributed by atoms with Gasteiger partial charge in [0.05, 0.1) is 16.5 Å². The number of benzene rings is 2. The largest absolute Gasteiger partial charge is 0.497 e. The molecule has 0 saturated heterocycles. The van der Waals surface area contributed by atoms with Crippen LogP contribution in [0.1, 0.15) is 5.56 Å². The van der Waals surface area contributed by atoms with Crippen LogP contribution in [0.5, 0.6) is 11.5 Å². The average Bonchev–Trinajstić information content (AvgIpc) is 2.47. The van der Waals surface area contributed by atoms with Gasteiger partial charge < -0.3 is 15.2 Å². The summed E-state index contributed by atoms with van der Waals surface area (Å²) in [5.41, 5.74) is 6.23. The normalized spacial score (nSPS) is 10.2. The quantitative estimate of drug-likeness (QED) is 0.505. The van der Waals surface area contributed by atoms with Crippen molar-refractivity contribution in [1.82, 2.24) is 0 Å². The topological polar surface area (TPSA) is 87.6 Å². The van der Waals surface area contributed by atoms with Crippen molar-refractivity contribution in [3.8, 4) is 11.5 Å². The Labute approximate surface area is 129 Å². The molecular formula is C14H13BrN2O4. The molecule has 110 valence electrons. The zero-order valence-corrected chi connectivity index (χ0v) is 12.8. The highest BCUT2D eigenvalue weighted by atomic mass is 79.9. The Bertz CT molecular complexity index is 676. The Balaban J connectivity index is 2.13. The molecule has 7 heteroatoms. The average molecular weight is 353 g/mol. The molecule has 0 unspecified atom stereocenters. The van der Waals surface area contributed by atoms with Crippen LogP contribution in [0.2, 0.25) is 0 Å². The Morgan fingerprint density at radius 2 is 2.05 bits per heavy atom. The van der Waals surface area contributed by atoms with Gasteiger partial charge in [0.2, 0.25) is 0 Å². The fraction of sp³-hybridized carbons (Fsp3) is 0.143. The van der Waals surface area contributed by atoms with E-state index in [1.165, 1.54) is 12.1 Å². The second-order valence-electron chi connectivity index (χ2n) is 4.24. The van der Waals surface area contributed by atoms with E-state index in [1.54, 1.807) is 31.4 Å². The third-order valence-corrected chi connectivity index (χ3v) is 3.44. The van der Waals surface area contributed by atoms with Crippen LogP contribution >= 0.6 is 15.9 Å². The number of hydrogen-bond acceptors (Lipinski definition) is 5. The van der Waals surface area contributed by atoms with Gasteiger partial charge in [0.15, 0.2) is 0 Å². The maximum Gasteiger partial charge on any atom is 0.292 e. The molecule has 21 heavy (non-hydrogen) atoms. The van der Waals surface area contributed by atoms with Crippen molar-refractivity contribution >= 4 is 27.3 Å². The maximum atomic E-state index is 10.8. The van der Waals surface area contributed by atoms with E-state index in [0.29, 0.717) is 17.1 Å². The highest BCUT2D eigenvalue weighted by Crippen LogP contribution is 2.30. The van der Waals surface area contributed by atoms with Crippen LogP contribution in [-0.2, 0) is 6.61 Å². The van der Waals surface area contributed by atoms with E-state index < -0.39 is 4.92 Å². The number of nitrogens with two attached hydrogens (primary N) is 1. The Kier molecular flexibility index (Phi) is 4.64. The number of halogens is 1. The first-order chi connectivity index (χ1) is 10.0. The molecule has 0 atom stereocenters. The third-order valence-electron chi connectivity index (χ3n) is 2.82. The molecule has 6 nitrogen and oxygen atoms in total. The summed E-state index contributed by atoms with van der Waals surface area (Å²) in [5.74, 6) is 1.33. The van der Waals surface area contributed by atoms with E-state index in [4.69, 9.17) is 15.2 Å². The van der Waals surface area contributed by atoms with Gasteiger partial charge in [0.25, 0.3) is 5.69 Å². The highest BCUT2D eigenvalue weighted by Gasteiger charge is 2.12. The Morgan fingerprint density at radius 1 is 1.29 bits per heavy atom. The smallest absolute Gasteiger partial charge is 0.292 e. The standard InChI is InChI=1S/C14H13BrN2O4/c1-20-10-3-5-14(11(15)7-10)21-8-9-2-4-12(16)13(6-9)17(18)19/h2-7H,8,16H2,1H3. The van der Waals surface area contributed by atoms with Gasteiger partial charge >= 0.3 is 0 Å². The monoisotopic (exact) mass is 352 g/mol. The minimum absolute atomic E-state index is 0.120. The zero-order chi connectivity index (χ0) is 15.4. The van der Waals surface area contributed by atoms with E-state index in [0.717, 1.165) is 4.47 Å². The first kappa shape index (κ1) is 15.1. The molecular weight excluding hydrogens is 340 g/mol. The van der Waals surface area contributed by atoms with Gasteiger partial charge in [0.1, 0.15) is 23.8 Å². The van der Waals surface area contributed by atoms with Gasteiger partial charge in [-0.2, -0.15) is 0 Å². The summed E-state index contributed by atoms with van der Waals surface area (Å²) in [6, 6.07) is 9.91. The summed E-state index contributed by atoms with van der Waals surface area (Å²) in [7, 11) is 1.58. The number of hydrogen-bond donors (Lipinski definition) is 1. The first-order valence-corrected chi connectivity index (χ1v) is 6.79. The number of methoxy groups -OCH3 is 1. The first-order valence-electron chi connectivity index (χ1n) is 6.00. The van der Waals surface area contributed by atoms with Crippen LogP contribution in [0.3, 0.4) is 0 Å². The lowest BCUT2D eigenvalue weighted by Gasteiger charge is -2.10. The third kappa shape index (κ3) is 3.63. The molecule has 0 amide bonds. The molecule has 0 radical (unpaired) electrons. The van der Waals surface area contributed by atoms with E-state index in [-0.39, 0.29) is 18.0 Å². The Morgan fingerprint density at radius 3 is 2.67 bits per heavy atom. The number of nitrogen functional groups attached to an aromatic ring is 1. The maximum absolute atomic E-state index is 10.8. The van der Waals surface area contributed by atoms with Gasteiger partial charge in [-0.15, -0.1) is 0 Å². The molecule has 2 rings (SSSR count). The second-order valence-corrected chi connectivity index (χ2v) is 5.09. The van der Waals surface area contributed by atoms with Crippen molar-refractivity contribution < 1.29 is 14.4 Å². The van der Waals surface area contributed by atoms with Crippen LogP contribution in [0.15, 0.2) is 40.9 Å². The number of rotatable bonds is 5. The molecule has 2 aromatic rings. The number of nitro groups is 1. The molecule has 0 aromatic heterocycles. The van der Waals surface area contributed by atoms with E-state index in [1.807, 2.05) is 0 Å². The minimum Gasteiger partial charge on any atom is -0.497 e. The van der Waals surface area contributed by atoms with Gasteiger partial charge in [-0.3, -0.25) is 10.1 Å². The molecule has 0 saturated carbocycles. The van der Waals surface area contributed by atoms with Gasteiger partial charge in [-0.25, -0.2) is 0 Å². The lowest BCUT2D eigenvalue weighted by Crippen LogP contribution is -2.00. The molecule has 2 N–H and O–H groups in total. The lowest BCUT2D eigenvalue weighted by atomic mass is 10.2. The summed E-state index contributed by atoms with van der Waals surface area (Å²) in [6.07, 6.45) is 0. The van der Waals surface area contributed by atoms with E-state index >= 15 is 0 Å². The van der Waals surface area contributed by atoms with Crippen molar-refractivity contribution in [3.05, 3.63) is 56.5 Å². The van der Waals surface area contributed by atoms with Crippen molar-refractivity contribution in [3.63, 3.8) is 0 Å². The fourth-order valence-corrected chi connectivity index (χ4v) is 2.20. The van der Waals surface area contributed by atoms with Crippen LogP contribution in [0, 0.1) is 10.1 Å². The second kappa shape index (κ2) is 6.45. The van der Waals surface area contributed by atoms with E-state index in [9.17, 15) is 10.1 Å². The Hall–Kier alpha value is -2.28. The zero-order valence-electron chi connectivity index (χ0n) is 11.2. The van der Waals surface area contributed by atoms with Crippen molar-refractivity contribution in [1.29, 1.82) is 0 Å².